The summed E-state index contributed by atoms with van der Waals surface area (Å²) in [5.41, 5.74) is 1.70. The molecule has 0 aliphatic heterocycles. The second-order valence-electron chi connectivity index (χ2n) is 5.92. The molecule has 0 radical (unpaired) electrons. The SMILES string of the molecule is COC(=O)CCCCCOc1ccc(/C=C/c2cc(O)cc(O)c2)cc1. The van der Waals surface area contributed by atoms with Crippen LogP contribution in [-0.2, 0) is 9.53 Å². The van der Waals surface area contributed by atoms with Crippen LogP contribution in [0.2, 0.25) is 0 Å². The van der Waals surface area contributed by atoms with Crippen molar-refractivity contribution in [3.05, 3.63) is 53.6 Å². The second-order valence-corrected chi connectivity index (χ2v) is 5.92. The molecule has 5 nitrogen and oxygen atoms in total. The van der Waals surface area contributed by atoms with Gasteiger partial charge in [-0.2, -0.15) is 0 Å². The highest BCUT2D eigenvalue weighted by Gasteiger charge is 2.00. The molecule has 0 heterocycles. The summed E-state index contributed by atoms with van der Waals surface area (Å²) in [5.74, 6) is 0.681. The predicted molar refractivity (Wildman–Crippen MR) is 101 cm³/mol. The van der Waals surface area contributed by atoms with E-state index in [0.717, 1.165) is 36.1 Å². The van der Waals surface area contributed by atoms with Crippen LogP contribution in [0.5, 0.6) is 17.2 Å². The number of phenols is 2. The van der Waals surface area contributed by atoms with Gasteiger partial charge in [0.1, 0.15) is 17.2 Å². The lowest BCUT2D eigenvalue weighted by Crippen LogP contribution is -2.01. The number of methoxy groups -OCH3 is 1. The molecule has 26 heavy (non-hydrogen) atoms. The van der Waals surface area contributed by atoms with Crippen molar-refractivity contribution in [2.75, 3.05) is 13.7 Å². The van der Waals surface area contributed by atoms with Crippen LogP contribution in [0.3, 0.4) is 0 Å². The molecule has 0 aromatic heterocycles. The third kappa shape index (κ3) is 6.89. The van der Waals surface area contributed by atoms with E-state index in [1.807, 2.05) is 36.4 Å². The molecule has 0 atom stereocenters. The number of ether oxygens (including phenoxy) is 2. The van der Waals surface area contributed by atoms with Gasteiger partial charge < -0.3 is 19.7 Å². The normalized spacial score (nSPS) is 10.8. The number of rotatable bonds is 9. The summed E-state index contributed by atoms with van der Waals surface area (Å²) in [7, 11) is 1.40. The summed E-state index contributed by atoms with van der Waals surface area (Å²) in [5, 5.41) is 18.9. The van der Waals surface area contributed by atoms with Crippen molar-refractivity contribution < 1.29 is 24.5 Å². The Morgan fingerprint density at radius 2 is 1.58 bits per heavy atom. The molecule has 0 saturated heterocycles. The maximum Gasteiger partial charge on any atom is 0.305 e. The van der Waals surface area contributed by atoms with Crippen molar-refractivity contribution in [3.8, 4) is 17.2 Å². The number of carbonyl (C=O) groups excluding carboxylic acids is 1. The molecule has 0 amide bonds. The van der Waals surface area contributed by atoms with Crippen LogP contribution in [0.4, 0.5) is 0 Å². The minimum Gasteiger partial charge on any atom is -0.508 e. The molecule has 0 aliphatic rings. The molecule has 0 spiro atoms. The fraction of sp³-hybridized carbons (Fsp3) is 0.286. The first-order valence-electron chi connectivity index (χ1n) is 8.57. The van der Waals surface area contributed by atoms with Crippen LogP contribution in [0, 0.1) is 0 Å². The Morgan fingerprint density at radius 3 is 2.23 bits per heavy atom. The predicted octanol–water partition coefficient (Wildman–Crippen LogP) is 4.38. The van der Waals surface area contributed by atoms with Gasteiger partial charge in [-0.05, 0) is 54.7 Å². The van der Waals surface area contributed by atoms with E-state index in [2.05, 4.69) is 4.74 Å². The summed E-state index contributed by atoms with van der Waals surface area (Å²) >= 11 is 0. The molecule has 2 N–H and O–H groups in total. The third-order valence-electron chi connectivity index (χ3n) is 3.79. The average Bonchev–Trinajstić information content (AvgIpc) is 2.62. The zero-order valence-electron chi connectivity index (χ0n) is 14.9. The molecule has 0 bridgehead atoms. The quantitative estimate of drug-likeness (QED) is 0.396. The van der Waals surface area contributed by atoms with Gasteiger partial charge in [-0.1, -0.05) is 24.3 Å². The Kier molecular flexibility index (Phi) is 7.55. The summed E-state index contributed by atoms with van der Waals surface area (Å²) in [6, 6.07) is 12.1. The molecule has 2 aromatic carbocycles. The molecule has 5 heteroatoms. The van der Waals surface area contributed by atoms with E-state index < -0.39 is 0 Å². The number of benzene rings is 2. The highest BCUT2D eigenvalue weighted by Crippen LogP contribution is 2.22. The van der Waals surface area contributed by atoms with Crippen molar-refractivity contribution in [2.24, 2.45) is 0 Å². The maximum atomic E-state index is 11.0. The van der Waals surface area contributed by atoms with E-state index in [1.165, 1.54) is 13.2 Å². The molecule has 0 fully saturated rings. The average molecular weight is 356 g/mol. The topological polar surface area (TPSA) is 76.0 Å². The standard InChI is InChI=1S/C21H24O5/c1-25-21(24)5-3-2-4-12-26-20-10-8-16(9-11-20)6-7-17-13-18(22)15-19(23)14-17/h6-11,13-15,22-23H,2-5,12H2,1H3/b7-6+. The first-order valence-corrected chi connectivity index (χ1v) is 8.57. The molecule has 0 saturated carbocycles. The zero-order valence-corrected chi connectivity index (χ0v) is 14.9. The van der Waals surface area contributed by atoms with Crippen molar-refractivity contribution >= 4 is 18.1 Å². The number of unbranched alkanes of at least 4 members (excludes halogenated alkanes) is 2. The molecular formula is C21H24O5. The largest absolute Gasteiger partial charge is 0.508 e. The van der Waals surface area contributed by atoms with Crippen molar-refractivity contribution in [3.63, 3.8) is 0 Å². The monoisotopic (exact) mass is 356 g/mol. The van der Waals surface area contributed by atoms with Gasteiger partial charge >= 0.3 is 5.97 Å². The Hall–Kier alpha value is -2.95. The van der Waals surface area contributed by atoms with E-state index in [0.29, 0.717) is 13.0 Å². The smallest absolute Gasteiger partial charge is 0.305 e. The van der Waals surface area contributed by atoms with Crippen LogP contribution in [0.15, 0.2) is 42.5 Å². The number of hydrogen-bond donors (Lipinski definition) is 2. The fourth-order valence-electron chi connectivity index (χ4n) is 2.42. The highest BCUT2D eigenvalue weighted by atomic mass is 16.5. The third-order valence-corrected chi connectivity index (χ3v) is 3.79. The second kappa shape index (κ2) is 10.1. The van der Waals surface area contributed by atoms with Gasteiger partial charge in [0, 0.05) is 12.5 Å². The minimum absolute atomic E-state index is 0.0278. The van der Waals surface area contributed by atoms with Gasteiger partial charge in [-0.15, -0.1) is 0 Å². The van der Waals surface area contributed by atoms with Gasteiger partial charge in [0.25, 0.3) is 0 Å². The molecule has 138 valence electrons. The number of hydrogen-bond acceptors (Lipinski definition) is 5. The van der Waals surface area contributed by atoms with Gasteiger partial charge in [0.05, 0.1) is 13.7 Å². The summed E-state index contributed by atoms with van der Waals surface area (Å²) < 4.78 is 10.3. The fourth-order valence-corrected chi connectivity index (χ4v) is 2.42. The van der Waals surface area contributed by atoms with Crippen LogP contribution in [0.25, 0.3) is 12.2 Å². The zero-order chi connectivity index (χ0) is 18.8. The van der Waals surface area contributed by atoms with Crippen LogP contribution in [-0.4, -0.2) is 29.9 Å². The molecule has 0 aliphatic carbocycles. The van der Waals surface area contributed by atoms with Crippen molar-refractivity contribution in [1.29, 1.82) is 0 Å². The minimum atomic E-state index is -0.171. The maximum absolute atomic E-state index is 11.0. The number of carbonyl (C=O) groups is 1. The van der Waals surface area contributed by atoms with E-state index in [1.54, 1.807) is 12.1 Å². The van der Waals surface area contributed by atoms with Gasteiger partial charge in [0.2, 0.25) is 0 Å². The highest BCUT2D eigenvalue weighted by molar-refractivity contribution is 5.71. The first-order chi connectivity index (χ1) is 12.6. The van der Waals surface area contributed by atoms with E-state index >= 15 is 0 Å². The van der Waals surface area contributed by atoms with Crippen molar-refractivity contribution in [1.82, 2.24) is 0 Å². The van der Waals surface area contributed by atoms with E-state index in [-0.39, 0.29) is 17.5 Å². The Bertz CT molecular complexity index is 714. The summed E-state index contributed by atoms with van der Waals surface area (Å²) in [4.78, 5) is 11.0. The number of phenolic OH excluding ortho intramolecular Hbond substituents is 2. The summed E-state index contributed by atoms with van der Waals surface area (Å²) in [6.45, 7) is 0.610. The number of esters is 1. The molecular weight excluding hydrogens is 332 g/mol. The van der Waals surface area contributed by atoms with Gasteiger partial charge in [-0.3, -0.25) is 4.79 Å². The molecule has 2 aromatic rings. The van der Waals surface area contributed by atoms with E-state index in [9.17, 15) is 15.0 Å². The lowest BCUT2D eigenvalue weighted by Gasteiger charge is -2.06. The van der Waals surface area contributed by atoms with Crippen LogP contribution >= 0.6 is 0 Å². The Morgan fingerprint density at radius 1 is 0.923 bits per heavy atom. The lowest BCUT2D eigenvalue weighted by molar-refractivity contribution is -0.140. The Balaban J connectivity index is 1.75. The first kappa shape index (κ1) is 19.4. The lowest BCUT2D eigenvalue weighted by atomic mass is 10.1. The summed E-state index contributed by atoms with van der Waals surface area (Å²) in [6.07, 6.45) is 6.78. The van der Waals surface area contributed by atoms with E-state index in [4.69, 9.17) is 4.74 Å². The van der Waals surface area contributed by atoms with Crippen molar-refractivity contribution in [2.45, 2.75) is 25.7 Å². The van der Waals surface area contributed by atoms with Gasteiger partial charge in [-0.25, -0.2) is 0 Å². The van der Waals surface area contributed by atoms with Crippen LogP contribution < -0.4 is 4.74 Å². The van der Waals surface area contributed by atoms with Gasteiger partial charge in [0.15, 0.2) is 0 Å². The number of aromatic hydroxyl groups is 2. The Labute approximate surface area is 153 Å². The molecule has 2 rings (SSSR count). The van der Waals surface area contributed by atoms with Crippen LogP contribution in [0.1, 0.15) is 36.8 Å². The molecule has 0 unspecified atom stereocenters.